The number of oxazole rings is 1. The van der Waals surface area contributed by atoms with Gasteiger partial charge < -0.3 is 14.2 Å². The predicted molar refractivity (Wildman–Crippen MR) is 110 cm³/mol. The first-order valence-corrected chi connectivity index (χ1v) is 9.70. The molecule has 10 nitrogen and oxygen atoms in total. The summed E-state index contributed by atoms with van der Waals surface area (Å²) < 4.78 is 6.24. The van der Waals surface area contributed by atoms with Crippen molar-refractivity contribution >= 4 is 51.7 Å². The van der Waals surface area contributed by atoms with Gasteiger partial charge in [-0.1, -0.05) is 23.2 Å². The highest BCUT2D eigenvalue weighted by Gasteiger charge is 2.25. The summed E-state index contributed by atoms with van der Waals surface area (Å²) in [4.78, 5) is 43.0. The summed E-state index contributed by atoms with van der Waals surface area (Å²) in [5, 5.41) is 11.8. The molecule has 4 rings (SSSR count). The van der Waals surface area contributed by atoms with E-state index in [0.29, 0.717) is 47.6 Å². The van der Waals surface area contributed by atoms with Crippen LogP contribution in [0.15, 0.2) is 39.7 Å². The van der Waals surface area contributed by atoms with Gasteiger partial charge in [-0.3, -0.25) is 19.5 Å². The quantitative estimate of drug-likeness (QED) is 0.442. The van der Waals surface area contributed by atoms with Crippen molar-refractivity contribution in [1.29, 1.82) is 0 Å². The van der Waals surface area contributed by atoms with Gasteiger partial charge in [0, 0.05) is 38.4 Å². The normalized spacial score (nSPS) is 14.3. The third-order valence-corrected chi connectivity index (χ3v) is 5.36. The van der Waals surface area contributed by atoms with E-state index in [4.69, 9.17) is 27.6 Å². The first-order valence-electron chi connectivity index (χ1n) is 8.95. The number of rotatable bonds is 4. The molecule has 2 aromatic heterocycles. The van der Waals surface area contributed by atoms with Gasteiger partial charge >= 0.3 is 5.76 Å². The molecular formula is C18H15Cl2N5O5. The smallest absolute Gasteiger partial charge is 0.407 e. The van der Waals surface area contributed by atoms with Crippen molar-refractivity contribution in [3.63, 3.8) is 0 Å². The number of fused-ring (bicyclic) bond motifs is 1. The Labute approximate surface area is 179 Å². The number of benzene rings is 1. The van der Waals surface area contributed by atoms with E-state index in [1.54, 1.807) is 11.0 Å². The number of amides is 1. The molecule has 1 aliphatic rings. The summed E-state index contributed by atoms with van der Waals surface area (Å²) in [6.45, 7) is 1.68. The molecule has 12 heteroatoms. The molecule has 0 aliphatic carbocycles. The first-order chi connectivity index (χ1) is 14.3. The summed E-state index contributed by atoms with van der Waals surface area (Å²) in [5.41, 5.74) is 0.199. The Morgan fingerprint density at radius 1 is 1.20 bits per heavy atom. The number of hydrogen-bond acceptors (Lipinski definition) is 7. The average Bonchev–Trinajstić information content (AvgIpc) is 3.02. The number of hydrogen-bond donors (Lipinski definition) is 0. The fourth-order valence-electron chi connectivity index (χ4n) is 3.36. The van der Waals surface area contributed by atoms with Crippen LogP contribution < -0.4 is 10.7 Å². The fourth-order valence-corrected chi connectivity index (χ4v) is 3.86. The lowest BCUT2D eigenvalue weighted by atomic mass is 10.2. The van der Waals surface area contributed by atoms with E-state index in [0.717, 1.165) is 0 Å². The lowest BCUT2D eigenvalue weighted by Gasteiger charge is -2.35. The highest BCUT2D eigenvalue weighted by atomic mass is 35.5. The number of carbonyl (C=O) groups is 1. The molecular weight excluding hydrogens is 437 g/mol. The number of aromatic nitrogens is 2. The van der Waals surface area contributed by atoms with Gasteiger partial charge in [0.2, 0.25) is 5.91 Å². The maximum Gasteiger partial charge on any atom is 0.420 e. The second kappa shape index (κ2) is 7.96. The van der Waals surface area contributed by atoms with Gasteiger partial charge in [0.05, 0.1) is 26.6 Å². The molecule has 1 saturated heterocycles. The molecule has 0 bridgehead atoms. The van der Waals surface area contributed by atoms with E-state index < -0.39 is 10.7 Å². The molecule has 3 aromatic rings. The zero-order valence-electron chi connectivity index (χ0n) is 15.5. The molecule has 30 heavy (non-hydrogen) atoms. The number of carbonyl (C=O) groups excluding carboxylic acids is 1. The Morgan fingerprint density at radius 2 is 1.93 bits per heavy atom. The van der Waals surface area contributed by atoms with Crippen LogP contribution in [0.4, 0.5) is 11.5 Å². The van der Waals surface area contributed by atoms with Crippen molar-refractivity contribution in [2.24, 2.45) is 0 Å². The number of piperazine rings is 1. The van der Waals surface area contributed by atoms with Crippen LogP contribution in [0.5, 0.6) is 0 Å². The van der Waals surface area contributed by atoms with Crippen LogP contribution in [-0.4, -0.2) is 51.5 Å². The molecule has 0 N–H and O–H groups in total. The van der Waals surface area contributed by atoms with Gasteiger partial charge in [0.15, 0.2) is 5.58 Å². The lowest BCUT2D eigenvalue weighted by molar-refractivity contribution is -0.384. The number of nitro benzene ring substituents is 1. The number of pyridine rings is 1. The zero-order valence-corrected chi connectivity index (χ0v) is 17.0. The zero-order chi connectivity index (χ0) is 21.4. The van der Waals surface area contributed by atoms with E-state index >= 15 is 0 Å². The molecule has 0 spiro atoms. The average molecular weight is 452 g/mol. The number of non-ortho nitro benzene ring substituents is 1. The number of nitro groups is 1. The van der Waals surface area contributed by atoms with Crippen LogP contribution in [0.25, 0.3) is 11.1 Å². The highest BCUT2D eigenvalue weighted by Crippen LogP contribution is 2.27. The largest absolute Gasteiger partial charge is 0.420 e. The van der Waals surface area contributed by atoms with Crippen molar-refractivity contribution in [1.82, 2.24) is 14.5 Å². The van der Waals surface area contributed by atoms with Gasteiger partial charge in [0.1, 0.15) is 12.4 Å². The second-order valence-corrected chi connectivity index (χ2v) is 7.53. The molecule has 156 valence electrons. The third kappa shape index (κ3) is 3.83. The maximum absolute atomic E-state index is 12.7. The van der Waals surface area contributed by atoms with Gasteiger partial charge in [-0.15, -0.1) is 0 Å². The first kappa shape index (κ1) is 20.2. The Kier molecular flexibility index (Phi) is 5.35. The minimum Gasteiger partial charge on any atom is -0.407 e. The Balaban J connectivity index is 1.46. The molecule has 1 amide bonds. The Bertz CT molecular complexity index is 1200. The maximum atomic E-state index is 12.7. The molecule has 1 aliphatic heterocycles. The molecule has 3 heterocycles. The van der Waals surface area contributed by atoms with Crippen molar-refractivity contribution in [3.8, 4) is 0 Å². The van der Waals surface area contributed by atoms with E-state index in [9.17, 15) is 19.7 Å². The summed E-state index contributed by atoms with van der Waals surface area (Å²) >= 11 is 12.1. The van der Waals surface area contributed by atoms with E-state index in [-0.39, 0.29) is 23.7 Å². The van der Waals surface area contributed by atoms with Crippen LogP contribution in [0.3, 0.4) is 0 Å². The Morgan fingerprint density at radius 3 is 2.60 bits per heavy atom. The van der Waals surface area contributed by atoms with Crippen LogP contribution in [0.1, 0.15) is 0 Å². The minimum atomic E-state index is -0.741. The number of halogens is 2. The van der Waals surface area contributed by atoms with Crippen molar-refractivity contribution in [3.05, 3.63) is 61.2 Å². The predicted octanol–water partition coefficient (Wildman–Crippen LogP) is 2.55. The fraction of sp³-hybridized carbons (Fsp3) is 0.278. The summed E-state index contributed by atoms with van der Waals surface area (Å²) in [6.07, 6.45) is 1.51. The third-order valence-electron chi connectivity index (χ3n) is 4.88. The van der Waals surface area contributed by atoms with E-state index in [1.807, 2.05) is 4.90 Å². The van der Waals surface area contributed by atoms with Crippen LogP contribution >= 0.6 is 23.2 Å². The number of nitrogens with zero attached hydrogens (tertiary/aromatic N) is 5. The van der Waals surface area contributed by atoms with Crippen LogP contribution in [0, 0.1) is 10.1 Å². The topological polar surface area (TPSA) is 115 Å². The van der Waals surface area contributed by atoms with Gasteiger partial charge in [-0.05, 0) is 12.1 Å². The molecule has 0 saturated carbocycles. The summed E-state index contributed by atoms with van der Waals surface area (Å²) in [7, 11) is 0. The van der Waals surface area contributed by atoms with E-state index in [2.05, 4.69) is 4.98 Å². The van der Waals surface area contributed by atoms with Crippen molar-refractivity contribution in [2.45, 2.75) is 6.54 Å². The molecule has 1 aromatic carbocycles. The van der Waals surface area contributed by atoms with Gasteiger partial charge in [-0.2, -0.15) is 0 Å². The molecule has 0 atom stereocenters. The minimum absolute atomic E-state index is 0.0651. The molecule has 0 radical (unpaired) electrons. The van der Waals surface area contributed by atoms with E-state index in [1.165, 1.54) is 29.0 Å². The SMILES string of the molecule is O=C(Cn1c(=O)oc2cc([N+](=O)[O-])ccc21)N1CCN(c2ncc(Cl)cc2Cl)CC1. The summed E-state index contributed by atoms with van der Waals surface area (Å²) in [6, 6.07) is 5.45. The van der Waals surface area contributed by atoms with Crippen molar-refractivity contribution < 1.29 is 14.1 Å². The number of anilines is 1. The second-order valence-electron chi connectivity index (χ2n) is 6.69. The Hall–Kier alpha value is -3.11. The molecule has 1 fully saturated rings. The van der Waals surface area contributed by atoms with Crippen LogP contribution in [0.2, 0.25) is 10.0 Å². The molecule has 0 unspecified atom stereocenters. The van der Waals surface area contributed by atoms with Crippen molar-refractivity contribution in [2.75, 3.05) is 31.1 Å². The van der Waals surface area contributed by atoms with Gasteiger partial charge in [-0.25, -0.2) is 9.78 Å². The highest BCUT2D eigenvalue weighted by molar-refractivity contribution is 6.36. The lowest BCUT2D eigenvalue weighted by Crippen LogP contribution is -2.50. The van der Waals surface area contributed by atoms with Crippen LogP contribution in [-0.2, 0) is 11.3 Å². The standard InChI is InChI=1S/C18H15Cl2N5O5/c19-11-7-13(20)17(21-9-11)23-5-3-22(4-6-23)16(26)10-24-14-2-1-12(25(28)29)8-15(14)30-18(24)27/h1-2,7-9H,3-6,10H2. The summed E-state index contributed by atoms with van der Waals surface area (Å²) in [5.74, 6) is -0.394. The monoisotopic (exact) mass is 451 g/mol. The van der Waals surface area contributed by atoms with Gasteiger partial charge in [0.25, 0.3) is 5.69 Å².